The second kappa shape index (κ2) is 14.8. The van der Waals surface area contributed by atoms with Crippen molar-refractivity contribution < 1.29 is 28.5 Å². The van der Waals surface area contributed by atoms with E-state index in [1.807, 2.05) is 60.1 Å². The summed E-state index contributed by atoms with van der Waals surface area (Å²) in [5.74, 6) is 0.924. The Bertz CT molecular complexity index is 2090. The Hall–Kier alpha value is -6.44. The minimum absolute atomic E-state index is 0.222. The fourth-order valence-electron chi connectivity index (χ4n) is 5.64. The van der Waals surface area contributed by atoms with E-state index >= 15 is 0 Å². The van der Waals surface area contributed by atoms with Crippen molar-refractivity contribution in [2.24, 2.45) is 7.05 Å². The van der Waals surface area contributed by atoms with Crippen LogP contribution in [-0.4, -0.2) is 70.0 Å². The Morgan fingerprint density at radius 3 is 2.24 bits per heavy atom. The second-order valence-corrected chi connectivity index (χ2v) is 11.2. The third-order valence-electron chi connectivity index (χ3n) is 8.15. The van der Waals surface area contributed by atoms with Crippen LogP contribution in [0.2, 0.25) is 0 Å². The number of aryl methyl sites for hydroxylation is 1. The average Bonchev–Trinajstić information content (AvgIpc) is 3.78. The first-order valence-corrected chi connectivity index (χ1v) is 15.6. The number of anilines is 1. The molecule has 14 heteroatoms. The van der Waals surface area contributed by atoms with E-state index in [2.05, 4.69) is 25.7 Å². The largest absolute Gasteiger partial charge is 0.497 e. The van der Waals surface area contributed by atoms with Crippen LogP contribution in [0.1, 0.15) is 17.2 Å². The molecule has 1 N–H and O–H groups in total. The van der Waals surface area contributed by atoms with Crippen molar-refractivity contribution in [1.82, 2.24) is 35.1 Å². The van der Waals surface area contributed by atoms with Gasteiger partial charge in [0.1, 0.15) is 18.3 Å². The fourth-order valence-corrected chi connectivity index (χ4v) is 5.64. The molecule has 0 aliphatic heterocycles. The third kappa shape index (κ3) is 6.90. The first-order chi connectivity index (χ1) is 24.3. The quantitative estimate of drug-likeness (QED) is 0.187. The predicted octanol–water partition coefficient (Wildman–Crippen LogP) is 4.35. The number of nitrogens with zero attached hydrogens (tertiary/aromatic N) is 7. The monoisotopic (exact) mass is 676 g/mol. The zero-order chi connectivity index (χ0) is 35.2. The van der Waals surface area contributed by atoms with E-state index in [9.17, 15) is 9.59 Å². The van der Waals surface area contributed by atoms with Gasteiger partial charge in [-0.1, -0.05) is 30.3 Å². The van der Waals surface area contributed by atoms with Crippen molar-refractivity contribution in [3.05, 3.63) is 102 Å². The normalized spacial score (nSPS) is 11.5. The van der Waals surface area contributed by atoms with Crippen molar-refractivity contribution in [2.45, 2.75) is 19.1 Å². The highest BCUT2D eigenvalue weighted by atomic mass is 16.5. The number of imidazole rings is 1. The molecule has 50 heavy (non-hydrogen) atoms. The summed E-state index contributed by atoms with van der Waals surface area (Å²) < 4.78 is 24.1. The highest BCUT2D eigenvalue weighted by molar-refractivity contribution is 6.01. The summed E-state index contributed by atoms with van der Waals surface area (Å²) in [6.45, 7) is -0.113. The summed E-state index contributed by atoms with van der Waals surface area (Å²) in [6.07, 6.45) is 1.73. The number of hydrogen-bond acceptors (Lipinski definition) is 10. The summed E-state index contributed by atoms with van der Waals surface area (Å²) in [7, 11) is 7.92. The van der Waals surface area contributed by atoms with Gasteiger partial charge in [-0.2, -0.15) is 4.80 Å². The molecule has 2 heterocycles. The number of carbonyl (C=O) groups excluding carboxylic acids is 2. The smallest absolute Gasteiger partial charge is 0.251 e. The van der Waals surface area contributed by atoms with Crippen LogP contribution < -0.4 is 29.2 Å². The van der Waals surface area contributed by atoms with Crippen LogP contribution in [0.25, 0.3) is 22.4 Å². The minimum Gasteiger partial charge on any atom is -0.497 e. The van der Waals surface area contributed by atoms with Gasteiger partial charge in [0.2, 0.25) is 17.5 Å². The van der Waals surface area contributed by atoms with Crippen LogP contribution in [0.3, 0.4) is 0 Å². The highest BCUT2D eigenvalue weighted by Gasteiger charge is 2.35. The van der Waals surface area contributed by atoms with Crippen LogP contribution >= 0.6 is 0 Å². The van der Waals surface area contributed by atoms with Gasteiger partial charge in [0.15, 0.2) is 11.5 Å². The van der Waals surface area contributed by atoms with Crippen molar-refractivity contribution in [2.75, 3.05) is 33.3 Å². The lowest BCUT2D eigenvalue weighted by Gasteiger charge is -2.32. The van der Waals surface area contributed by atoms with Gasteiger partial charge in [-0.15, -0.1) is 10.2 Å². The van der Waals surface area contributed by atoms with Crippen LogP contribution in [-0.2, 0) is 29.7 Å². The summed E-state index contributed by atoms with van der Waals surface area (Å²) >= 11 is 0. The standard InChI is InChI=1S/C36H36N8O6/c1-42-22-38-28-17-24(11-16-29(28)42)35-39-41-43(40-35)21-32(45)44(26-12-14-27(47-2)15-13-26)33(36(46)37-20-23-9-7-6-8-10-23)25-18-30(48-3)34(50-5)31(19-25)49-4/h6-19,22,33H,20-21H2,1-5H3,(H,37,46)/t33-/m1/s1. The van der Waals surface area contributed by atoms with Crippen molar-refractivity contribution in [1.29, 1.82) is 0 Å². The topological polar surface area (TPSA) is 148 Å². The molecule has 6 rings (SSSR count). The number of benzene rings is 4. The van der Waals surface area contributed by atoms with E-state index in [1.54, 1.807) is 49.8 Å². The third-order valence-corrected chi connectivity index (χ3v) is 8.15. The number of nitrogens with one attached hydrogen (secondary N) is 1. The van der Waals surface area contributed by atoms with Gasteiger partial charge in [0, 0.05) is 24.8 Å². The summed E-state index contributed by atoms with van der Waals surface area (Å²) in [6, 6.07) is 24.1. The maximum Gasteiger partial charge on any atom is 0.251 e. The maximum absolute atomic E-state index is 14.5. The molecule has 2 amide bonds. The van der Waals surface area contributed by atoms with Gasteiger partial charge in [0.25, 0.3) is 5.91 Å². The van der Waals surface area contributed by atoms with Gasteiger partial charge in [-0.05, 0) is 70.9 Å². The van der Waals surface area contributed by atoms with Crippen molar-refractivity contribution in [3.8, 4) is 34.4 Å². The molecule has 2 aromatic heterocycles. The first-order valence-electron chi connectivity index (χ1n) is 15.6. The first kappa shape index (κ1) is 33.5. The van der Waals surface area contributed by atoms with Gasteiger partial charge in [0.05, 0.1) is 45.8 Å². The number of carbonyl (C=O) groups is 2. The number of amides is 2. The Morgan fingerprint density at radius 1 is 0.860 bits per heavy atom. The van der Waals surface area contributed by atoms with Gasteiger partial charge < -0.3 is 28.8 Å². The number of ether oxygens (including phenoxy) is 4. The van der Waals surface area contributed by atoms with Gasteiger partial charge in [-0.25, -0.2) is 4.98 Å². The van der Waals surface area contributed by atoms with E-state index < -0.39 is 17.9 Å². The molecular weight excluding hydrogens is 640 g/mol. The van der Waals surface area contributed by atoms with Crippen LogP contribution in [0, 0.1) is 0 Å². The zero-order valence-electron chi connectivity index (χ0n) is 28.2. The number of tetrazole rings is 1. The van der Waals surface area contributed by atoms with Crippen molar-refractivity contribution in [3.63, 3.8) is 0 Å². The molecule has 1 atom stereocenters. The Kier molecular flexibility index (Phi) is 9.88. The summed E-state index contributed by atoms with van der Waals surface area (Å²) in [5, 5.41) is 15.9. The molecule has 0 spiro atoms. The highest BCUT2D eigenvalue weighted by Crippen LogP contribution is 2.42. The molecule has 0 radical (unpaired) electrons. The van der Waals surface area contributed by atoms with E-state index in [-0.39, 0.29) is 13.1 Å². The SMILES string of the molecule is COc1ccc(N(C(=O)Cn2nnc(-c3ccc4c(c3)ncn4C)n2)[C@@H](C(=O)NCc2ccccc2)c2cc(OC)c(OC)c(OC)c2)cc1. The van der Waals surface area contributed by atoms with Crippen molar-refractivity contribution >= 4 is 28.5 Å². The molecule has 0 unspecified atom stereocenters. The van der Waals surface area contributed by atoms with Gasteiger partial charge >= 0.3 is 0 Å². The number of methoxy groups -OCH3 is 4. The molecule has 0 saturated heterocycles. The number of aromatic nitrogens is 6. The predicted molar refractivity (Wildman–Crippen MR) is 185 cm³/mol. The summed E-state index contributed by atoms with van der Waals surface area (Å²) in [4.78, 5) is 35.9. The second-order valence-electron chi connectivity index (χ2n) is 11.2. The molecule has 4 aromatic carbocycles. The lowest BCUT2D eigenvalue weighted by molar-refractivity contribution is -0.127. The molecule has 0 aliphatic rings. The molecule has 6 aromatic rings. The molecule has 0 aliphatic carbocycles. The number of fused-ring (bicyclic) bond motifs is 1. The maximum atomic E-state index is 14.5. The Labute approximate surface area is 288 Å². The van der Waals surface area contributed by atoms with Gasteiger partial charge in [-0.3, -0.25) is 14.5 Å². The van der Waals surface area contributed by atoms with Crippen LogP contribution in [0.15, 0.2) is 91.3 Å². The fraction of sp³-hybridized carbons (Fsp3) is 0.222. The molecule has 256 valence electrons. The molecule has 0 bridgehead atoms. The Morgan fingerprint density at radius 2 is 1.58 bits per heavy atom. The molecule has 0 fully saturated rings. The van der Waals surface area contributed by atoms with E-state index in [0.717, 1.165) is 16.6 Å². The Balaban J connectivity index is 1.41. The van der Waals surface area contributed by atoms with Crippen LogP contribution in [0.5, 0.6) is 23.0 Å². The summed E-state index contributed by atoms with van der Waals surface area (Å²) in [5.41, 5.74) is 4.13. The molecule has 14 nitrogen and oxygen atoms in total. The minimum atomic E-state index is -1.21. The van der Waals surface area contributed by atoms with E-state index in [0.29, 0.717) is 45.6 Å². The number of rotatable bonds is 13. The average molecular weight is 677 g/mol. The van der Waals surface area contributed by atoms with E-state index in [1.165, 1.54) is 31.0 Å². The lowest BCUT2D eigenvalue weighted by atomic mass is 10.0. The van der Waals surface area contributed by atoms with Crippen LogP contribution in [0.4, 0.5) is 5.69 Å². The molecule has 0 saturated carbocycles. The molecular formula is C36H36N8O6. The zero-order valence-corrected chi connectivity index (χ0v) is 28.2. The number of hydrogen-bond donors (Lipinski definition) is 1. The lowest BCUT2D eigenvalue weighted by Crippen LogP contribution is -2.45. The van der Waals surface area contributed by atoms with E-state index in [4.69, 9.17) is 18.9 Å².